The Kier molecular flexibility index (Phi) is 7.00. The van der Waals surface area contributed by atoms with Gasteiger partial charge in [-0.3, -0.25) is 9.59 Å². The summed E-state index contributed by atoms with van der Waals surface area (Å²) < 4.78 is 1.62. The minimum atomic E-state index is -0.682. The molecule has 4 heterocycles. The number of nitrogens with two attached hydrogens (primary N) is 1. The number of halogens is 2. The summed E-state index contributed by atoms with van der Waals surface area (Å²) in [5, 5.41) is 8.79. The molecule has 3 aromatic rings. The lowest BCUT2D eigenvalue weighted by molar-refractivity contribution is -0.134. The number of rotatable bonds is 5. The van der Waals surface area contributed by atoms with Crippen molar-refractivity contribution in [3.05, 3.63) is 45.7 Å². The average Bonchev–Trinajstić information content (AvgIpc) is 3.28. The molecule has 2 atom stereocenters. The number of benzene rings is 1. The molecule has 0 saturated carbocycles. The third-order valence-electron chi connectivity index (χ3n) is 6.93. The molecule has 2 amide bonds. The van der Waals surface area contributed by atoms with Crippen LogP contribution in [0.3, 0.4) is 0 Å². The van der Waals surface area contributed by atoms with Crippen LogP contribution in [-0.4, -0.2) is 75.2 Å². The molecule has 0 spiro atoms. The van der Waals surface area contributed by atoms with Gasteiger partial charge in [0.25, 0.3) is 5.91 Å². The number of hydrogen-bond acceptors (Lipinski definition) is 7. The molecule has 3 N–H and O–H groups in total. The first-order valence-electron chi connectivity index (χ1n) is 12.1. The van der Waals surface area contributed by atoms with Crippen LogP contribution in [0.5, 0.6) is 0 Å². The SMILES string of the molecule is CC(c1ccc(Cl)cc1Cl)n1nc(C(N)=O)c2ncc(N3CCN(C(=O)C4CCCCN4)CC3)nc21. The minimum absolute atomic E-state index is 0.0522. The highest BCUT2D eigenvalue weighted by atomic mass is 35.5. The van der Waals surface area contributed by atoms with E-state index in [0.29, 0.717) is 53.2 Å². The van der Waals surface area contributed by atoms with Gasteiger partial charge >= 0.3 is 0 Å². The number of carbonyl (C=O) groups excluding carboxylic acids is 2. The van der Waals surface area contributed by atoms with Crippen molar-refractivity contribution >= 4 is 52.0 Å². The highest BCUT2D eigenvalue weighted by Crippen LogP contribution is 2.31. The molecule has 1 aromatic carbocycles. The van der Waals surface area contributed by atoms with E-state index in [1.807, 2.05) is 17.9 Å². The number of primary amides is 1. The summed E-state index contributed by atoms with van der Waals surface area (Å²) in [4.78, 5) is 38.3. The van der Waals surface area contributed by atoms with Gasteiger partial charge < -0.3 is 20.9 Å². The van der Waals surface area contributed by atoms with E-state index in [1.165, 1.54) is 0 Å². The van der Waals surface area contributed by atoms with Crippen LogP contribution in [0.1, 0.15) is 48.3 Å². The number of hydrogen-bond donors (Lipinski definition) is 2. The Bertz CT molecular complexity index is 1300. The van der Waals surface area contributed by atoms with Gasteiger partial charge in [-0.25, -0.2) is 14.6 Å². The van der Waals surface area contributed by atoms with Crippen LogP contribution in [0.4, 0.5) is 5.82 Å². The number of piperidine rings is 1. The largest absolute Gasteiger partial charge is 0.364 e. The van der Waals surface area contributed by atoms with Crippen molar-refractivity contribution < 1.29 is 9.59 Å². The van der Waals surface area contributed by atoms with Crippen LogP contribution >= 0.6 is 23.2 Å². The molecule has 36 heavy (non-hydrogen) atoms. The third kappa shape index (κ3) is 4.72. The molecule has 0 radical (unpaired) electrons. The van der Waals surface area contributed by atoms with Gasteiger partial charge in [-0.15, -0.1) is 0 Å². The molecule has 2 unspecified atom stereocenters. The maximum absolute atomic E-state index is 12.9. The van der Waals surface area contributed by atoms with Gasteiger partial charge in [0.05, 0.1) is 18.3 Å². The van der Waals surface area contributed by atoms with Gasteiger partial charge in [-0.1, -0.05) is 35.7 Å². The molecule has 2 fully saturated rings. The number of nitrogens with one attached hydrogen (secondary N) is 1. The van der Waals surface area contributed by atoms with Crippen molar-refractivity contribution in [3.8, 4) is 0 Å². The molecule has 2 aliphatic rings. The second kappa shape index (κ2) is 10.2. The summed E-state index contributed by atoms with van der Waals surface area (Å²) in [5.74, 6) is 0.143. The summed E-state index contributed by atoms with van der Waals surface area (Å²) in [6.45, 7) is 5.29. The van der Waals surface area contributed by atoms with E-state index in [2.05, 4.69) is 20.3 Å². The van der Waals surface area contributed by atoms with E-state index in [1.54, 1.807) is 23.0 Å². The third-order valence-corrected chi connectivity index (χ3v) is 7.49. The number of piperazine rings is 1. The van der Waals surface area contributed by atoms with Crippen molar-refractivity contribution in [1.82, 2.24) is 30.0 Å². The number of amides is 2. The van der Waals surface area contributed by atoms with Crippen molar-refractivity contribution in [1.29, 1.82) is 0 Å². The van der Waals surface area contributed by atoms with Crippen LogP contribution in [0.15, 0.2) is 24.4 Å². The standard InChI is InChI=1S/C24H28Cl2N8O2/c1-14(16-6-5-15(25)12-17(16)26)34-23-21(20(31-34)22(27)35)29-13-19(30-23)32-8-10-33(11-9-32)24(36)18-4-2-3-7-28-18/h5-6,12-14,18,28H,2-4,7-11H2,1H3,(H2,27,35). The van der Waals surface area contributed by atoms with E-state index in [4.69, 9.17) is 33.9 Å². The Morgan fingerprint density at radius 2 is 1.94 bits per heavy atom. The highest BCUT2D eigenvalue weighted by molar-refractivity contribution is 6.35. The Morgan fingerprint density at radius 3 is 2.61 bits per heavy atom. The zero-order chi connectivity index (χ0) is 25.4. The van der Waals surface area contributed by atoms with Crippen molar-refractivity contribution in [2.24, 2.45) is 5.73 Å². The van der Waals surface area contributed by atoms with Crippen LogP contribution < -0.4 is 16.0 Å². The first-order valence-corrected chi connectivity index (χ1v) is 12.9. The van der Waals surface area contributed by atoms with Crippen LogP contribution in [0, 0.1) is 0 Å². The van der Waals surface area contributed by atoms with Crippen molar-refractivity contribution in [2.75, 3.05) is 37.6 Å². The summed E-state index contributed by atoms with van der Waals surface area (Å²) in [6.07, 6.45) is 4.72. The average molecular weight is 531 g/mol. The first-order chi connectivity index (χ1) is 17.3. The second-order valence-electron chi connectivity index (χ2n) is 9.21. The normalized spacial score (nSPS) is 19.5. The van der Waals surface area contributed by atoms with Crippen molar-refractivity contribution in [2.45, 2.75) is 38.3 Å². The fourth-order valence-electron chi connectivity index (χ4n) is 4.90. The first kappa shape index (κ1) is 24.7. The molecule has 0 aliphatic carbocycles. The van der Waals surface area contributed by atoms with Crippen LogP contribution in [0.25, 0.3) is 11.2 Å². The number of aromatic nitrogens is 4. The molecule has 2 aromatic heterocycles. The minimum Gasteiger partial charge on any atom is -0.364 e. The predicted molar refractivity (Wildman–Crippen MR) is 139 cm³/mol. The zero-order valence-corrected chi connectivity index (χ0v) is 21.5. The number of fused-ring (bicyclic) bond motifs is 1. The Balaban J connectivity index is 1.41. The highest BCUT2D eigenvalue weighted by Gasteiger charge is 2.29. The van der Waals surface area contributed by atoms with E-state index >= 15 is 0 Å². The topological polar surface area (TPSA) is 122 Å². The predicted octanol–water partition coefficient (Wildman–Crippen LogP) is 2.63. The molecule has 190 valence electrons. The van der Waals surface area contributed by atoms with E-state index in [9.17, 15) is 9.59 Å². The van der Waals surface area contributed by atoms with Gasteiger partial charge in [0.2, 0.25) is 5.91 Å². The molecular weight excluding hydrogens is 503 g/mol. The number of anilines is 1. The molecule has 5 rings (SSSR count). The van der Waals surface area contributed by atoms with E-state index in [-0.39, 0.29) is 23.7 Å². The summed E-state index contributed by atoms with van der Waals surface area (Å²) >= 11 is 12.5. The van der Waals surface area contributed by atoms with Gasteiger partial charge in [0.15, 0.2) is 11.3 Å². The van der Waals surface area contributed by atoms with E-state index < -0.39 is 5.91 Å². The lowest BCUT2D eigenvalue weighted by atomic mass is 10.0. The smallest absolute Gasteiger partial charge is 0.271 e. The molecule has 10 nitrogen and oxygen atoms in total. The van der Waals surface area contributed by atoms with Gasteiger partial charge in [0.1, 0.15) is 11.3 Å². The maximum Gasteiger partial charge on any atom is 0.271 e. The second-order valence-corrected chi connectivity index (χ2v) is 10.1. The fourth-order valence-corrected chi connectivity index (χ4v) is 5.47. The van der Waals surface area contributed by atoms with Gasteiger partial charge in [0, 0.05) is 36.2 Å². The molecule has 0 bridgehead atoms. The molecule has 12 heteroatoms. The summed E-state index contributed by atoms with van der Waals surface area (Å²) in [6, 6.07) is 4.80. The Morgan fingerprint density at radius 1 is 1.17 bits per heavy atom. The lowest BCUT2D eigenvalue weighted by Gasteiger charge is -2.37. The summed E-state index contributed by atoms with van der Waals surface area (Å²) in [5.41, 5.74) is 7.18. The van der Waals surface area contributed by atoms with Gasteiger partial charge in [-0.05, 0) is 44.0 Å². The van der Waals surface area contributed by atoms with E-state index in [0.717, 1.165) is 31.4 Å². The quantitative estimate of drug-likeness (QED) is 0.519. The number of carbonyl (C=O) groups is 2. The number of nitrogens with zero attached hydrogens (tertiary/aromatic N) is 6. The zero-order valence-electron chi connectivity index (χ0n) is 20.0. The maximum atomic E-state index is 12.9. The van der Waals surface area contributed by atoms with Gasteiger partial charge in [-0.2, -0.15) is 5.10 Å². The molecule has 2 saturated heterocycles. The fraction of sp³-hybridized carbons (Fsp3) is 0.458. The molecule has 2 aliphatic heterocycles. The van der Waals surface area contributed by atoms with Crippen LogP contribution in [0.2, 0.25) is 10.0 Å². The van der Waals surface area contributed by atoms with Crippen molar-refractivity contribution in [3.63, 3.8) is 0 Å². The Hall–Kier alpha value is -2.95. The summed E-state index contributed by atoms with van der Waals surface area (Å²) in [7, 11) is 0. The lowest BCUT2D eigenvalue weighted by Crippen LogP contribution is -2.55. The monoisotopic (exact) mass is 530 g/mol. The van der Waals surface area contributed by atoms with Crippen LogP contribution in [-0.2, 0) is 4.79 Å². The Labute approximate surface area is 218 Å². The molecular formula is C24H28Cl2N8O2.